The van der Waals surface area contributed by atoms with E-state index in [1.165, 1.54) is 0 Å². The van der Waals surface area contributed by atoms with Crippen molar-refractivity contribution in [2.45, 2.75) is 75.0 Å². The van der Waals surface area contributed by atoms with Crippen LogP contribution in [-0.4, -0.2) is 34.7 Å². The van der Waals surface area contributed by atoms with Gasteiger partial charge in [0.1, 0.15) is 6.04 Å². The second-order valence-corrected chi connectivity index (χ2v) is 9.00. The van der Waals surface area contributed by atoms with Gasteiger partial charge in [-0.2, -0.15) is 9.29 Å². The minimum atomic E-state index is -3.25. The highest BCUT2D eigenvalue weighted by molar-refractivity contribution is 7.89. The predicted molar refractivity (Wildman–Crippen MR) is 80.7 cm³/mol. The van der Waals surface area contributed by atoms with E-state index in [-0.39, 0.29) is 11.3 Å². The van der Waals surface area contributed by atoms with Gasteiger partial charge in [0.2, 0.25) is 15.9 Å². The van der Waals surface area contributed by atoms with Crippen LogP contribution in [0.4, 0.5) is 0 Å². The molecular weight excluding hydrogens is 302 g/mol. The second kappa shape index (κ2) is 5.60. The third-order valence-corrected chi connectivity index (χ3v) is 7.59. The van der Waals surface area contributed by atoms with Crippen LogP contribution in [0.3, 0.4) is 0 Å². The van der Waals surface area contributed by atoms with Crippen LogP contribution in [0.5, 0.6) is 0 Å². The summed E-state index contributed by atoms with van der Waals surface area (Å²) in [7, 11) is -3.25. The van der Waals surface area contributed by atoms with Crippen LogP contribution >= 0.6 is 0 Å². The summed E-state index contributed by atoms with van der Waals surface area (Å²) >= 11 is 0. The molecule has 2 aliphatic carbocycles. The van der Waals surface area contributed by atoms with Gasteiger partial charge in [-0.3, -0.25) is 0 Å². The number of rotatable bonds is 4. The monoisotopic (exact) mass is 325 g/mol. The zero-order valence-electron chi connectivity index (χ0n) is 12.8. The fourth-order valence-electron chi connectivity index (χ4n) is 3.74. The molecule has 2 heterocycles. The second-order valence-electron chi connectivity index (χ2n) is 6.84. The van der Waals surface area contributed by atoms with Gasteiger partial charge < -0.3 is 4.52 Å². The van der Waals surface area contributed by atoms with Crippen LogP contribution in [-0.2, 0) is 10.0 Å². The molecule has 0 radical (unpaired) electrons. The quantitative estimate of drug-likeness (QED) is 0.850. The molecule has 0 N–H and O–H groups in total. The molecule has 122 valence electrons. The van der Waals surface area contributed by atoms with E-state index in [4.69, 9.17) is 4.52 Å². The normalized spacial score (nSPS) is 28.3. The molecule has 1 atom stereocenters. The molecule has 4 rings (SSSR count). The zero-order valence-corrected chi connectivity index (χ0v) is 13.6. The highest BCUT2D eigenvalue weighted by Crippen LogP contribution is 2.41. The number of nitrogens with zero attached hydrogens (tertiary/aromatic N) is 3. The summed E-state index contributed by atoms with van der Waals surface area (Å²) in [5.41, 5.74) is 0. The Hall–Kier alpha value is -0.950. The van der Waals surface area contributed by atoms with Gasteiger partial charge in [0.15, 0.2) is 5.82 Å². The predicted octanol–water partition coefficient (Wildman–Crippen LogP) is 2.75. The molecule has 0 amide bonds. The Morgan fingerprint density at radius 1 is 1.00 bits per heavy atom. The lowest BCUT2D eigenvalue weighted by atomic mass is 10.0. The van der Waals surface area contributed by atoms with E-state index in [1.54, 1.807) is 4.31 Å². The first-order valence-corrected chi connectivity index (χ1v) is 10.0. The third kappa shape index (κ3) is 2.58. The standard InChI is InChI=1S/C15H23N3O3S/c19-22(20,12-5-2-1-3-6-12)18-10-4-7-13(18)15-16-14(17-21-15)11-8-9-11/h11-13H,1-10H2. The minimum absolute atomic E-state index is 0.215. The van der Waals surface area contributed by atoms with Gasteiger partial charge in [0, 0.05) is 12.5 Å². The van der Waals surface area contributed by atoms with Crippen LogP contribution in [0.2, 0.25) is 0 Å². The van der Waals surface area contributed by atoms with Crippen molar-refractivity contribution in [3.63, 3.8) is 0 Å². The fraction of sp³-hybridized carbons (Fsp3) is 0.867. The van der Waals surface area contributed by atoms with Crippen molar-refractivity contribution in [3.8, 4) is 0 Å². The molecule has 1 unspecified atom stereocenters. The SMILES string of the molecule is O=S(=O)(C1CCCCC1)N1CCCC1c1nc(C2CC2)no1. The zero-order chi connectivity index (χ0) is 15.2. The Bertz CT molecular complexity index is 632. The van der Waals surface area contributed by atoms with Crippen molar-refractivity contribution >= 4 is 10.0 Å². The van der Waals surface area contributed by atoms with Crippen molar-refractivity contribution in [1.29, 1.82) is 0 Å². The topological polar surface area (TPSA) is 76.3 Å². The van der Waals surface area contributed by atoms with Crippen LogP contribution < -0.4 is 0 Å². The van der Waals surface area contributed by atoms with Gasteiger partial charge in [0.25, 0.3) is 0 Å². The highest BCUT2D eigenvalue weighted by Gasteiger charge is 2.43. The number of hydrogen-bond donors (Lipinski definition) is 0. The Kier molecular flexibility index (Phi) is 3.72. The molecule has 3 aliphatic rings. The van der Waals surface area contributed by atoms with Crippen molar-refractivity contribution in [1.82, 2.24) is 14.4 Å². The van der Waals surface area contributed by atoms with Gasteiger partial charge in [-0.1, -0.05) is 24.4 Å². The van der Waals surface area contributed by atoms with Crippen molar-refractivity contribution in [2.24, 2.45) is 0 Å². The van der Waals surface area contributed by atoms with E-state index in [0.717, 1.165) is 63.6 Å². The molecule has 1 aliphatic heterocycles. The fourth-order valence-corrected chi connectivity index (χ4v) is 5.98. The first kappa shape index (κ1) is 14.6. The number of sulfonamides is 1. The van der Waals surface area contributed by atoms with E-state index in [1.807, 2.05) is 0 Å². The van der Waals surface area contributed by atoms with Gasteiger partial charge >= 0.3 is 0 Å². The number of hydrogen-bond acceptors (Lipinski definition) is 5. The summed E-state index contributed by atoms with van der Waals surface area (Å²) in [6.45, 7) is 0.588. The molecule has 3 fully saturated rings. The van der Waals surface area contributed by atoms with E-state index in [9.17, 15) is 8.42 Å². The van der Waals surface area contributed by atoms with Crippen molar-refractivity contribution in [3.05, 3.63) is 11.7 Å². The lowest BCUT2D eigenvalue weighted by molar-refractivity contribution is 0.285. The first-order chi connectivity index (χ1) is 10.7. The molecule has 6 nitrogen and oxygen atoms in total. The first-order valence-electron chi connectivity index (χ1n) is 8.50. The Morgan fingerprint density at radius 2 is 1.77 bits per heavy atom. The lowest BCUT2D eigenvalue weighted by Gasteiger charge is -2.29. The van der Waals surface area contributed by atoms with E-state index in [0.29, 0.717) is 18.4 Å². The Labute approximate surface area is 131 Å². The Balaban J connectivity index is 1.56. The summed E-state index contributed by atoms with van der Waals surface area (Å²) in [6.07, 6.45) is 8.69. The summed E-state index contributed by atoms with van der Waals surface area (Å²) in [5.74, 6) is 1.69. The maximum Gasteiger partial charge on any atom is 0.245 e. The largest absolute Gasteiger partial charge is 0.338 e. The van der Waals surface area contributed by atoms with Crippen LogP contribution in [0.15, 0.2) is 4.52 Å². The van der Waals surface area contributed by atoms with Gasteiger partial charge in [-0.05, 0) is 38.5 Å². The maximum absolute atomic E-state index is 13.0. The molecule has 0 aromatic carbocycles. The van der Waals surface area contributed by atoms with Crippen LogP contribution in [0, 0.1) is 0 Å². The minimum Gasteiger partial charge on any atom is -0.338 e. The molecule has 1 aromatic heterocycles. The molecule has 1 aromatic rings. The summed E-state index contributed by atoms with van der Waals surface area (Å²) < 4.78 is 33.0. The van der Waals surface area contributed by atoms with E-state index in [2.05, 4.69) is 10.1 Å². The molecule has 0 spiro atoms. The molecule has 1 saturated heterocycles. The summed E-state index contributed by atoms with van der Waals surface area (Å²) in [6, 6.07) is -0.244. The average Bonchev–Trinajstić information content (AvgIpc) is 3.07. The van der Waals surface area contributed by atoms with Gasteiger partial charge in [-0.15, -0.1) is 0 Å². The van der Waals surface area contributed by atoms with Crippen molar-refractivity contribution < 1.29 is 12.9 Å². The molecule has 0 bridgehead atoms. The Morgan fingerprint density at radius 3 is 2.50 bits per heavy atom. The van der Waals surface area contributed by atoms with Crippen molar-refractivity contribution in [2.75, 3.05) is 6.54 Å². The number of aromatic nitrogens is 2. The van der Waals surface area contributed by atoms with Crippen LogP contribution in [0.1, 0.15) is 81.5 Å². The molecular formula is C15H23N3O3S. The van der Waals surface area contributed by atoms with E-state index < -0.39 is 10.0 Å². The molecule has 7 heteroatoms. The third-order valence-electron chi connectivity index (χ3n) is 5.19. The molecule has 2 saturated carbocycles. The van der Waals surface area contributed by atoms with Gasteiger partial charge in [-0.25, -0.2) is 8.42 Å². The summed E-state index contributed by atoms with van der Waals surface area (Å²) in [5, 5.41) is 3.83. The average molecular weight is 325 g/mol. The van der Waals surface area contributed by atoms with E-state index >= 15 is 0 Å². The smallest absolute Gasteiger partial charge is 0.245 e. The highest BCUT2D eigenvalue weighted by atomic mass is 32.2. The maximum atomic E-state index is 13.0. The van der Waals surface area contributed by atoms with Gasteiger partial charge in [0.05, 0.1) is 5.25 Å². The summed E-state index contributed by atoms with van der Waals surface area (Å²) in [4.78, 5) is 4.48. The lowest BCUT2D eigenvalue weighted by Crippen LogP contribution is -2.39. The molecule has 22 heavy (non-hydrogen) atoms. The van der Waals surface area contributed by atoms with Crippen LogP contribution in [0.25, 0.3) is 0 Å².